The van der Waals surface area contributed by atoms with Crippen molar-refractivity contribution in [1.29, 1.82) is 0 Å². The van der Waals surface area contributed by atoms with E-state index in [1.165, 1.54) is 38.6 Å². The second-order valence-electron chi connectivity index (χ2n) is 5.41. The first-order valence-electron chi connectivity index (χ1n) is 6.94. The smallest absolute Gasteiger partial charge is 0.191 e. The molecule has 0 spiro atoms. The molecule has 0 amide bonds. The van der Waals surface area contributed by atoms with Gasteiger partial charge in [0.25, 0.3) is 0 Å². The van der Waals surface area contributed by atoms with Crippen molar-refractivity contribution in [3.8, 4) is 0 Å². The summed E-state index contributed by atoms with van der Waals surface area (Å²) in [5, 5.41) is 6.87. The fraction of sp³-hybridized carbons (Fsp3) is 0.923. The van der Waals surface area contributed by atoms with E-state index in [0.29, 0.717) is 6.04 Å². The zero-order chi connectivity index (χ0) is 12.1. The van der Waals surface area contributed by atoms with Crippen molar-refractivity contribution in [2.24, 2.45) is 10.9 Å². The van der Waals surface area contributed by atoms with Crippen LogP contribution in [0, 0.1) is 5.92 Å². The molecule has 0 aromatic heterocycles. The highest BCUT2D eigenvalue weighted by Gasteiger charge is 2.21. The van der Waals surface area contributed by atoms with Gasteiger partial charge in [0.15, 0.2) is 5.96 Å². The summed E-state index contributed by atoms with van der Waals surface area (Å²) >= 11 is 0. The van der Waals surface area contributed by atoms with E-state index in [0.717, 1.165) is 25.0 Å². The third-order valence-corrected chi connectivity index (χ3v) is 4.18. The number of likely N-dealkylation sites (N-methyl/N-ethyl adjacent to an activating group) is 1. The molecule has 2 aliphatic rings. The number of halogens is 1. The average Bonchev–Trinajstić information content (AvgIpc) is 2.67. The van der Waals surface area contributed by atoms with Crippen molar-refractivity contribution in [3.63, 3.8) is 0 Å². The zero-order valence-corrected chi connectivity index (χ0v) is 13.9. The maximum atomic E-state index is 4.28. The first kappa shape index (κ1) is 16.0. The van der Waals surface area contributed by atoms with E-state index in [-0.39, 0.29) is 24.0 Å². The molecule has 1 saturated heterocycles. The molecule has 2 fully saturated rings. The lowest BCUT2D eigenvalue weighted by Crippen LogP contribution is -2.45. The van der Waals surface area contributed by atoms with E-state index in [1.54, 1.807) is 0 Å². The van der Waals surface area contributed by atoms with Crippen molar-refractivity contribution in [3.05, 3.63) is 0 Å². The van der Waals surface area contributed by atoms with Gasteiger partial charge in [0, 0.05) is 26.2 Å². The van der Waals surface area contributed by atoms with Crippen molar-refractivity contribution < 1.29 is 0 Å². The van der Waals surface area contributed by atoms with Gasteiger partial charge in [0.05, 0.1) is 0 Å². The Balaban J connectivity index is 0.00000162. The summed E-state index contributed by atoms with van der Waals surface area (Å²) in [6, 6.07) is 0.678. The molecule has 18 heavy (non-hydrogen) atoms. The summed E-state index contributed by atoms with van der Waals surface area (Å²) in [4.78, 5) is 6.72. The zero-order valence-electron chi connectivity index (χ0n) is 11.6. The molecule has 1 aliphatic heterocycles. The number of hydrogen-bond acceptors (Lipinski definition) is 2. The lowest BCUT2D eigenvalue weighted by atomic mass is 9.85. The van der Waals surface area contributed by atoms with Crippen LogP contribution in [0.1, 0.15) is 32.1 Å². The van der Waals surface area contributed by atoms with E-state index < -0.39 is 0 Å². The Morgan fingerprint density at radius 2 is 1.89 bits per heavy atom. The largest absolute Gasteiger partial charge is 0.356 e. The third kappa shape index (κ3) is 4.57. The minimum atomic E-state index is 0. The number of rotatable bonds is 4. The maximum Gasteiger partial charge on any atom is 0.191 e. The van der Waals surface area contributed by atoms with Crippen LogP contribution in [0.4, 0.5) is 0 Å². The van der Waals surface area contributed by atoms with Crippen LogP contribution in [0.2, 0.25) is 0 Å². The first-order chi connectivity index (χ1) is 8.29. The van der Waals surface area contributed by atoms with Gasteiger partial charge in [0.2, 0.25) is 0 Å². The van der Waals surface area contributed by atoms with Crippen LogP contribution < -0.4 is 10.6 Å². The van der Waals surface area contributed by atoms with Crippen LogP contribution >= 0.6 is 24.0 Å². The molecule has 1 heterocycles. The van der Waals surface area contributed by atoms with E-state index in [2.05, 4.69) is 27.6 Å². The van der Waals surface area contributed by atoms with E-state index in [1.807, 2.05) is 7.05 Å². The van der Waals surface area contributed by atoms with Gasteiger partial charge in [-0.3, -0.25) is 4.99 Å². The Morgan fingerprint density at radius 3 is 2.39 bits per heavy atom. The molecule has 0 aromatic rings. The fourth-order valence-corrected chi connectivity index (χ4v) is 2.61. The quantitative estimate of drug-likeness (QED) is 0.452. The van der Waals surface area contributed by atoms with Gasteiger partial charge in [-0.05, 0) is 45.2 Å². The van der Waals surface area contributed by atoms with Gasteiger partial charge in [-0.15, -0.1) is 24.0 Å². The van der Waals surface area contributed by atoms with Gasteiger partial charge >= 0.3 is 0 Å². The molecule has 0 radical (unpaired) electrons. The molecule has 1 atom stereocenters. The predicted octanol–water partition coefficient (Wildman–Crippen LogP) is 1.66. The number of nitrogens with zero attached hydrogens (tertiary/aromatic N) is 2. The minimum Gasteiger partial charge on any atom is -0.356 e. The minimum absolute atomic E-state index is 0. The average molecular weight is 366 g/mol. The maximum absolute atomic E-state index is 4.28. The normalized spacial score (nSPS) is 25.4. The summed E-state index contributed by atoms with van der Waals surface area (Å²) in [6.45, 7) is 3.33. The SMILES string of the molecule is CN=C(NCC1CCC1)NCC1CCCN1C.I. The lowest BCUT2D eigenvalue weighted by Gasteiger charge is -2.27. The molecule has 1 saturated carbocycles. The third-order valence-electron chi connectivity index (χ3n) is 4.18. The van der Waals surface area contributed by atoms with Crippen LogP contribution in [-0.2, 0) is 0 Å². The summed E-state index contributed by atoms with van der Waals surface area (Å²) in [7, 11) is 4.07. The standard InChI is InChI=1S/C13H26N4.HI/c1-14-13(15-9-11-5-3-6-11)16-10-12-7-4-8-17(12)2;/h11-12H,3-10H2,1-2H3,(H2,14,15,16);1H. The lowest BCUT2D eigenvalue weighted by molar-refractivity contribution is 0.305. The van der Waals surface area contributed by atoms with Crippen LogP contribution in [0.15, 0.2) is 4.99 Å². The number of nitrogens with one attached hydrogen (secondary N) is 2. The molecule has 0 aromatic carbocycles. The van der Waals surface area contributed by atoms with Gasteiger partial charge in [0.1, 0.15) is 0 Å². The topological polar surface area (TPSA) is 39.7 Å². The van der Waals surface area contributed by atoms with Crippen molar-refractivity contribution >= 4 is 29.9 Å². The summed E-state index contributed by atoms with van der Waals surface area (Å²) in [5.74, 6) is 1.85. The molecule has 4 nitrogen and oxygen atoms in total. The second kappa shape index (κ2) is 8.19. The molecular formula is C13H27IN4. The van der Waals surface area contributed by atoms with Gasteiger partial charge < -0.3 is 15.5 Å². The van der Waals surface area contributed by atoms with Crippen LogP contribution in [-0.4, -0.2) is 50.6 Å². The Kier molecular flexibility index (Phi) is 7.29. The predicted molar refractivity (Wildman–Crippen MR) is 87.8 cm³/mol. The highest BCUT2D eigenvalue weighted by Crippen LogP contribution is 2.25. The monoisotopic (exact) mass is 366 g/mol. The molecule has 2 rings (SSSR count). The van der Waals surface area contributed by atoms with Crippen molar-refractivity contribution in [1.82, 2.24) is 15.5 Å². The molecule has 1 unspecified atom stereocenters. The number of aliphatic imine (C=N–C) groups is 1. The molecule has 5 heteroatoms. The van der Waals surface area contributed by atoms with Crippen molar-refractivity contribution in [2.45, 2.75) is 38.1 Å². The van der Waals surface area contributed by atoms with Crippen LogP contribution in [0.3, 0.4) is 0 Å². The summed E-state index contributed by atoms with van der Waals surface area (Å²) in [6.07, 6.45) is 6.82. The summed E-state index contributed by atoms with van der Waals surface area (Å²) < 4.78 is 0. The fourth-order valence-electron chi connectivity index (χ4n) is 2.61. The molecule has 0 bridgehead atoms. The number of guanidine groups is 1. The Bertz CT molecular complexity index is 266. The highest BCUT2D eigenvalue weighted by atomic mass is 127. The van der Waals surface area contributed by atoms with E-state index in [9.17, 15) is 0 Å². The Hall–Kier alpha value is -0.0400. The highest BCUT2D eigenvalue weighted by molar-refractivity contribution is 14.0. The molecule has 1 aliphatic carbocycles. The Morgan fingerprint density at radius 1 is 1.17 bits per heavy atom. The Labute approximate surface area is 128 Å². The van der Waals surface area contributed by atoms with E-state index in [4.69, 9.17) is 0 Å². The van der Waals surface area contributed by atoms with Gasteiger partial charge in [-0.2, -0.15) is 0 Å². The first-order valence-corrected chi connectivity index (χ1v) is 6.94. The van der Waals surface area contributed by atoms with Crippen LogP contribution in [0.25, 0.3) is 0 Å². The molecular weight excluding hydrogens is 339 g/mol. The molecule has 2 N–H and O–H groups in total. The van der Waals surface area contributed by atoms with Crippen molar-refractivity contribution in [2.75, 3.05) is 33.7 Å². The van der Waals surface area contributed by atoms with E-state index >= 15 is 0 Å². The second-order valence-corrected chi connectivity index (χ2v) is 5.41. The number of hydrogen-bond donors (Lipinski definition) is 2. The van der Waals surface area contributed by atoms with Crippen LogP contribution in [0.5, 0.6) is 0 Å². The van der Waals surface area contributed by atoms with Gasteiger partial charge in [-0.25, -0.2) is 0 Å². The van der Waals surface area contributed by atoms with Gasteiger partial charge in [-0.1, -0.05) is 6.42 Å². The number of likely N-dealkylation sites (tertiary alicyclic amines) is 1. The molecule has 106 valence electrons. The summed E-state index contributed by atoms with van der Waals surface area (Å²) in [5.41, 5.74) is 0.